The van der Waals surface area contributed by atoms with E-state index in [9.17, 15) is 10.1 Å². The van der Waals surface area contributed by atoms with Crippen LogP contribution in [0, 0.1) is 24.0 Å². The average Bonchev–Trinajstić information content (AvgIpc) is 2.58. The summed E-state index contributed by atoms with van der Waals surface area (Å²) < 4.78 is 0. The van der Waals surface area contributed by atoms with Gasteiger partial charge in [0.2, 0.25) is 0 Å². The van der Waals surface area contributed by atoms with E-state index in [4.69, 9.17) is 11.6 Å². The summed E-state index contributed by atoms with van der Waals surface area (Å²) in [6, 6.07) is 11.2. The molecule has 0 aromatic heterocycles. The largest absolute Gasteiger partial charge is 0.360 e. The molecule has 25 heavy (non-hydrogen) atoms. The van der Waals surface area contributed by atoms with Gasteiger partial charge in [-0.05, 0) is 43.2 Å². The molecule has 0 aliphatic carbocycles. The predicted octanol–water partition coefficient (Wildman–Crippen LogP) is 2.77. The van der Waals surface area contributed by atoms with Crippen LogP contribution < -0.4 is 9.80 Å². The Balaban J connectivity index is 1.68. The standard InChI is InChI=1S/C19H22ClN3O2/c1-14-4-3-5-18(15(14)2)22-10-8-21(9-11-22)13-16-12-17(20)6-7-19(16)23(24)25/h3-7,12H,8-11,13H2,1-2H3/p+1. The van der Waals surface area contributed by atoms with Gasteiger partial charge in [-0.15, -0.1) is 0 Å². The Morgan fingerprint density at radius 2 is 1.92 bits per heavy atom. The molecule has 6 heteroatoms. The van der Waals surface area contributed by atoms with Crippen molar-refractivity contribution in [1.82, 2.24) is 0 Å². The topological polar surface area (TPSA) is 50.8 Å². The molecule has 2 aromatic carbocycles. The van der Waals surface area contributed by atoms with Gasteiger partial charge in [-0.3, -0.25) is 10.1 Å². The quantitative estimate of drug-likeness (QED) is 0.673. The highest BCUT2D eigenvalue weighted by Gasteiger charge is 2.24. The molecule has 0 spiro atoms. The molecule has 1 N–H and O–H groups in total. The molecule has 0 bridgehead atoms. The van der Waals surface area contributed by atoms with Crippen LogP contribution >= 0.6 is 11.6 Å². The van der Waals surface area contributed by atoms with Crippen LogP contribution in [0.25, 0.3) is 0 Å². The number of nitrogens with one attached hydrogen (secondary N) is 1. The van der Waals surface area contributed by atoms with Crippen LogP contribution in [-0.2, 0) is 6.54 Å². The molecule has 1 heterocycles. The van der Waals surface area contributed by atoms with Crippen LogP contribution in [0.15, 0.2) is 36.4 Å². The predicted molar refractivity (Wildman–Crippen MR) is 101 cm³/mol. The van der Waals surface area contributed by atoms with Gasteiger partial charge < -0.3 is 9.80 Å². The first kappa shape index (κ1) is 17.7. The molecule has 2 aromatic rings. The van der Waals surface area contributed by atoms with E-state index in [-0.39, 0.29) is 10.6 Å². The lowest BCUT2D eigenvalue weighted by molar-refractivity contribution is -0.914. The molecule has 132 valence electrons. The number of quaternary nitrogens is 1. The number of piperazine rings is 1. The van der Waals surface area contributed by atoms with Gasteiger partial charge in [0.25, 0.3) is 5.69 Å². The van der Waals surface area contributed by atoms with Crippen LogP contribution in [0.1, 0.15) is 16.7 Å². The van der Waals surface area contributed by atoms with Crippen LogP contribution in [0.5, 0.6) is 0 Å². The summed E-state index contributed by atoms with van der Waals surface area (Å²) in [4.78, 5) is 14.7. The lowest BCUT2D eigenvalue weighted by atomic mass is 10.1. The van der Waals surface area contributed by atoms with Gasteiger partial charge in [0, 0.05) is 16.8 Å². The molecule has 0 atom stereocenters. The third-order valence-corrected chi connectivity index (χ3v) is 5.30. The number of halogens is 1. The third-order valence-electron chi connectivity index (χ3n) is 5.07. The number of nitro benzene ring substituents is 1. The summed E-state index contributed by atoms with van der Waals surface area (Å²) in [6.07, 6.45) is 0. The minimum atomic E-state index is -0.322. The Morgan fingerprint density at radius 1 is 1.20 bits per heavy atom. The molecule has 5 nitrogen and oxygen atoms in total. The maximum Gasteiger partial charge on any atom is 0.278 e. The van der Waals surface area contributed by atoms with Gasteiger partial charge in [0.05, 0.1) is 36.7 Å². The fourth-order valence-electron chi connectivity index (χ4n) is 3.46. The van der Waals surface area contributed by atoms with E-state index in [1.807, 2.05) is 0 Å². The second-order valence-corrected chi connectivity index (χ2v) is 7.10. The number of nitrogens with zero attached hydrogens (tertiary/aromatic N) is 2. The molecule has 1 aliphatic heterocycles. The van der Waals surface area contributed by atoms with Crippen molar-refractivity contribution >= 4 is 23.0 Å². The first-order valence-electron chi connectivity index (χ1n) is 8.53. The second-order valence-electron chi connectivity index (χ2n) is 6.66. The van der Waals surface area contributed by atoms with Crippen molar-refractivity contribution in [3.05, 3.63) is 68.2 Å². The van der Waals surface area contributed by atoms with Crippen molar-refractivity contribution < 1.29 is 9.82 Å². The van der Waals surface area contributed by atoms with Crippen LogP contribution in [0.2, 0.25) is 5.02 Å². The summed E-state index contributed by atoms with van der Waals surface area (Å²) in [5, 5.41) is 11.8. The first-order chi connectivity index (χ1) is 12.0. The van der Waals surface area contributed by atoms with E-state index in [0.717, 1.165) is 26.2 Å². The molecule has 0 saturated carbocycles. The highest BCUT2D eigenvalue weighted by molar-refractivity contribution is 6.30. The number of aryl methyl sites for hydroxylation is 1. The number of rotatable bonds is 4. The first-order valence-corrected chi connectivity index (χ1v) is 8.91. The van der Waals surface area contributed by atoms with Gasteiger partial charge in [-0.25, -0.2) is 0 Å². The molecule has 0 amide bonds. The Hall–Kier alpha value is -2.11. The molecular formula is C19H23ClN3O2+. The highest BCUT2D eigenvalue weighted by atomic mass is 35.5. The Morgan fingerprint density at radius 3 is 2.60 bits per heavy atom. The van der Waals surface area contributed by atoms with Crippen molar-refractivity contribution in [3.8, 4) is 0 Å². The van der Waals surface area contributed by atoms with Crippen molar-refractivity contribution in [2.45, 2.75) is 20.4 Å². The maximum absolute atomic E-state index is 11.2. The van der Waals surface area contributed by atoms with Crippen LogP contribution in [0.3, 0.4) is 0 Å². The van der Waals surface area contributed by atoms with Crippen molar-refractivity contribution in [3.63, 3.8) is 0 Å². The minimum Gasteiger partial charge on any atom is -0.360 e. The molecule has 3 rings (SSSR count). The van der Waals surface area contributed by atoms with E-state index in [2.05, 4.69) is 36.9 Å². The molecule has 0 unspecified atom stereocenters. The SMILES string of the molecule is Cc1cccc(N2CC[NH+](Cc3cc(Cl)ccc3[N+](=O)[O-])CC2)c1C. The van der Waals surface area contributed by atoms with Gasteiger partial charge in [-0.2, -0.15) is 0 Å². The fraction of sp³-hybridized carbons (Fsp3) is 0.368. The summed E-state index contributed by atoms with van der Waals surface area (Å²) in [6.45, 7) is 8.76. The summed E-state index contributed by atoms with van der Waals surface area (Å²) in [5.41, 5.74) is 4.81. The normalized spacial score (nSPS) is 15.4. The number of nitro groups is 1. The minimum absolute atomic E-state index is 0.161. The maximum atomic E-state index is 11.2. The van der Waals surface area contributed by atoms with E-state index in [0.29, 0.717) is 17.1 Å². The zero-order valence-corrected chi connectivity index (χ0v) is 15.3. The highest BCUT2D eigenvalue weighted by Crippen LogP contribution is 2.24. The third kappa shape index (κ3) is 3.94. The summed E-state index contributed by atoms with van der Waals surface area (Å²) in [5.74, 6) is 0. The van der Waals surface area contributed by atoms with Crippen LogP contribution in [-0.4, -0.2) is 31.1 Å². The van der Waals surface area contributed by atoms with Gasteiger partial charge in [0.1, 0.15) is 6.54 Å². The fourth-order valence-corrected chi connectivity index (χ4v) is 3.66. The van der Waals surface area contributed by atoms with Gasteiger partial charge >= 0.3 is 0 Å². The van der Waals surface area contributed by atoms with E-state index >= 15 is 0 Å². The summed E-state index contributed by atoms with van der Waals surface area (Å²) >= 11 is 6.03. The zero-order chi connectivity index (χ0) is 18.0. The Labute approximate surface area is 153 Å². The van der Waals surface area contributed by atoms with Gasteiger partial charge in [0.15, 0.2) is 0 Å². The molecule has 1 fully saturated rings. The van der Waals surface area contributed by atoms with E-state index < -0.39 is 0 Å². The monoisotopic (exact) mass is 360 g/mol. The molecule has 0 radical (unpaired) electrons. The summed E-state index contributed by atoms with van der Waals surface area (Å²) in [7, 11) is 0. The van der Waals surface area contributed by atoms with Crippen LogP contribution in [0.4, 0.5) is 11.4 Å². The average molecular weight is 361 g/mol. The van der Waals surface area contributed by atoms with E-state index in [1.54, 1.807) is 12.1 Å². The van der Waals surface area contributed by atoms with Gasteiger partial charge in [-0.1, -0.05) is 23.7 Å². The molecular weight excluding hydrogens is 338 g/mol. The number of hydrogen-bond acceptors (Lipinski definition) is 3. The number of hydrogen-bond donors (Lipinski definition) is 1. The smallest absolute Gasteiger partial charge is 0.278 e. The Bertz CT molecular complexity index is 786. The molecule has 1 aliphatic rings. The van der Waals surface area contributed by atoms with Crippen molar-refractivity contribution in [2.24, 2.45) is 0 Å². The Kier molecular flexibility index (Phi) is 5.25. The lowest BCUT2D eigenvalue weighted by Gasteiger charge is -2.34. The number of anilines is 1. The lowest BCUT2D eigenvalue weighted by Crippen LogP contribution is -3.13. The van der Waals surface area contributed by atoms with E-state index in [1.165, 1.54) is 27.8 Å². The van der Waals surface area contributed by atoms with Crippen molar-refractivity contribution in [2.75, 3.05) is 31.1 Å². The molecule has 1 saturated heterocycles. The zero-order valence-electron chi connectivity index (χ0n) is 14.6. The number of benzene rings is 2. The van der Waals surface area contributed by atoms with Crippen molar-refractivity contribution in [1.29, 1.82) is 0 Å². The second kappa shape index (κ2) is 7.42.